The third kappa shape index (κ3) is 4.51. The zero-order valence-electron chi connectivity index (χ0n) is 13.8. The summed E-state index contributed by atoms with van der Waals surface area (Å²) in [6, 6.07) is 12.1. The van der Waals surface area contributed by atoms with Crippen LogP contribution in [-0.2, 0) is 17.0 Å². The number of furan rings is 1. The Balaban J connectivity index is 1.49. The lowest BCUT2D eigenvalue weighted by molar-refractivity contribution is 0.0563. The number of methoxy groups -OCH3 is 1. The number of rotatable bonds is 7. The average Bonchev–Trinajstić information content (AvgIpc) is 3.34. The predicted octanol–water partition coefficient (Wildman–Crippen LogP) is 2.67. The molecule has 0 aliphatic carbocycles. The third-order valence-corrected chi connectivity index (χ3v) is 4.11. The van der Waals surface area contributed by atoms with E-state index in [1.165, 1.54) is 18.9 Å². The Kier molecular flexibility index (Phi) is 5.69. The third-order valence-electron chi connectivity index (χ3n) is 3.27. The van der Waals surface area contributed by atoms with E-state index in [4.69, 9.17) is 8.83 Å². The Morgan fingerprint density at radius 2 is 1.92 bits per heavy atom. The summed E-state index contributed by atoms with van der Waals surface area (Å²) >= 11 is 1.26. The van der Waals surface area contributed by atoms with Crippen LogP contribution >= 0.6 is 11.8 Å². The first-order valence-corrected chi connectivity index (χ1v) is 8.59. The van der Waals surface area contributed by atoms with E-state index in [1.807, 2.05) is 6.07 Å². The molecule has 2 aromatic heterocycles. The van der Waals surface area contributed by atoms with Crippen molar-refractivity contribution >= 4 is 23.6 Å². The molecule has 0 saturated heterocycles. The molecular weight excluding hydrogens is 358 g/mol. The molecule has 8 nitrogen and oxygen atoms in total. The number of thioether (sulfide) groups is 1. The summed E-state index contributed by atoms with van der Waals surface area (Å²) in [4.78, 5) is 23.3. The topological polar surface area (TPSA) is 107 Å². The second kappa shape index (κ2) is 8.34. The van der Waals surface area contributed by atoms with Gasteiger partial charge in [0.2, 0.25) is 11.7 Å². The Hall–Kier alpha value is -3.07. The van der Waals surface area contributed by atoms with Gasteiger partial charge in [0.05, 0.1) is 19.4 Å². The Morgan fingerprint density at radius 3 is 2.69 bits per heavy atom. The Labute approximate surface area is 152 Å². The molecule has 0 bridgehead atoms. The van der Waals surface area contributed by atoms with Crippen molar-refractivity contribution in [2.45, 2.75) is 17.5 Å². The molecule has 0 aliphatic rings. The predicted molar refractivity (Wildman–Crippen MR) is 91.5 cm³/mol. The number of hydrogen-bond donors (Lipinski definition) is 1. The van der Waals surface area contributed by atoms with E-state index in [0.717, 1.165) is 0 Å². The number of nitrogens with zero attached hydrogens (tertiary/aromatic N) is 2. The molecule has 134 valence electrons. The van der Waals surface area contributed by atoms with Gasteiger partial charge in [-0.3, -0.25) is 4.79 Å². The molecule has 1 N–H and O–H groups in total. The van der Waals surface area contributed by atoms with Crippen LogP contribution in [0.2, 0.25) is 0 Å². The van der Waals surface area contributed by atoms with Crippen molar-refractivity contribution in [3.8, 4) is 0 Å². The minimum absolute atomic E-state index is 0.133. The van der Waals surface area contributed by atoms with Crippen LogP contribution in [0.15, 0.2) is 56.5 Å². The van der Waals surface area contributed by atoms with Gasteiger partial charge >= 0.3 is 5.97 Å². The molecule has 2 heterocycles. The number of aromatic nitrogens is 2. The minimum Gasteiger partial charge on any atom is -0.463 e. The van der Waals surface area contributed by atoms with Crippen molar-refractivity contribution in [3.63, 3.8) is 0 Å². The van der Waals surface area contributed by atoms with E-state index in [2.05, 4.69) is 20.3 Å². The van der Waals surface area contributed by atoms with Crippen molar-refractivity contribution in [2.24, 2.45) is 0 Å². The summed E-state index contributed by atoms with van der Waals surface area (Å²) in [5.74, 6) is 0.672. The molecule has 0 radical (unpaired) electrons. The molecule has 26 heavy (non-hydrogen) atoms. The summed E-state index contributed by atoms with van der Waals surface area (Å²) in [6.45, 7) is 0.133. The summed E-state index contributed by atoms with van der Waals surface area (Å²) in [6.07, 6.45) is 0. The zero-order chi connectivity index (χ0) is 18.4. The van der Waals surface area contributed by atoms with E-state index in [9.17, 15) is 9.59 Å². The van der Waals surface area contributed by atoms with Crippen LogP contribution in [0.25, 0.3) is 0 Å². The second-order valence-electron chi connectivity index (χ2n) is 5.06. The maximum Gasteiger partial charge on any atom is 0.373 e. The maximum atomic E-state index is 12.0. The number of benzene rings is 1. The number of amides is 1. The smallest absolute Gasteiger partial charge is 0.373 e. The van der Waals surface area contributed by atoms with Gasteiger partial charge in [0.25, 0.3) is 11.1 Å². The summed E-state index contributed by atoms with van der Waals surface area (Å²) in [5, 5.41) is 10.8. The van der Waals surface area contributed by atoms with Gasteiger partial charge in [0, 0.05) is 5.56 Å². The highest BCUT2D eigenvalue weighted by Crippen LogP contribution is 2.23. The molecule has 0 saturated carbocycles. The SMILES string of the molecule is COC(=O)c1ccc(CSc2nnc(CNC(=O)c3ccccc3)o2)o1. The van der Waals surface area contributed by atoms with Crippen LogP contribution in [0.4, 0.5) is 0 Å². The highest BCUT2D eigenvalue weighted by atomic mass is 32.2. The molecule has 1 amide bonds. The van der Waals surface area contributed by atoms with Crippen LogP contribution in [0.5, 0.6) is 0 Å². The highest BCUT2D eigenvalue weighted by molar-refractivity contribution is 7.98. The Morgan fingerprint density at radius 1 is 1.12 bits per heavy atom. The normalized spacial score (nSPS) is 10.5. The van der Waals surface area contributed by atoms with Crippen molar-refractivity contribution in [2.75, 3.05) is 7.11 Å². The first-order valence-electron chi connectivity index (χ1n) is 7.61. The van der Waals surface area contributed by atoms with Gasteiger partial charge in [-0.15, -0.1) is 10.2 Å². The summed E-state index contributed by atoms with van der Waals surface area (Å²) in [7, 11) is 1.29. The second-order valence-corrected chi connectivity index (χ2v) is 5.98. The number of hydrogen-bond acceptors (Lipinski definition) is 8. The van der Waals surface area contributed by atoms with Crippen molar-refractivity contribution in [3.05, 3.63) is 65.4 Å². The summed E-state index contributed by atoms with van der Waals surface area (Å²) < 4.78 is 15.4. The fraction of sp³-hybridized carbons (Fsp3) is 0.176. The quantitative estimate of drug-likeness (QED) is 0.497. The lowest BCUT2D eigenvalue weighted by Gasteiger charge is -2.01. The first-order chi connectivity index (χ1) is 12.7. The number of ether oxygens (including phenoxy) is 1. The van der Waals surface area contributed by atoms with Crippen molar-refractivity contribution < 1.29 is 23.2 Å². The molecule has 0 atom stereocenters. The van der Waals surface area contributed by atoms with Gasteiger partial charge < -0.3 is 18.9 Å². The number of carbonyl (C=O) groups is 2. The molecule has 3 aromatic rings. The molecule has 3 rings (SSSR count). The molecule has 0 aliphatic heterocycles. The highest BCUT2D eigenvalue weighted by Gasteiger charge is 2.13. The van der Waals surface area contributed by atoms with E-state index in [0.29, 0.717) is 28.2 Å². The fourth-order valence-corrected chi connectivity index (χ4v) is 2.69. The van der Waals surface area contributed by atoms with Gasteiger partial charge in [-0.1, -0.05) is 30.0 Å². The van der Waals surface area contributed by atoms with E-state index >= 15 is 0 Å². The van der Waals surface area contributed by atoms with Gasteiger partial charge in [-0.25, -0.2) is 4.79 Å². The van der Waals surface area contributed by atoms with E-state index in [1.54, 1.807) is 36.4 Å². The van der Waals surface area contributed by atoms with Crippen molar-refractivity contribution in [1.82, 2.24) is 15.5 Å². The molecular formula is C17H15N3O5S. The van der Waals surface area contributed by atoms with Crippen LogP contribution < -0.4 is 5.32 Å². The lowest BCUT2D eigenvalue weighted by Crippen LogP contribution is -2.22. The maximum absolute atomic E-state index is 12.0. The van der Waals surface area contributed by atoms with Crippen LogP contribution in [0.3, 0.4) is 0 Å². The van der Waals surface area contributed by atoms with Gasteiger partial charge in [-0.05, 0) is 24.3 Å². The van der Waals surface area contributed by atoms with Crippen molar-refractivity contribution in [1.29, 1.82) is 0 Å². The largest absolute Gasteiger partial charge is 0.463 e. The van der Waals surface area contributed by atoms with Gasteiger partial charge in [0.1, 0.15) is 5.76 Å². The first kappa shape index (κ1) is 17.7. The van der Waals surface area contributed by atoms with Gasteiger partial charge in [0.15, 0.2) is 0 Å². The van der Waals surface area contributed by atoms with Crippen LogP contribution in [0.1, 0.15) is 32.6 Å². The molecule has 1 aromatic carbocycles. The number of esters is 1. The van der Waals surface area contributed by atoms with Crippen LogP contribution in [-0.4, -0.2) is 29.2 Å². The zero-order valence-corrected chi connectivity index (χ0v) is 14.6. The number of carbonyl (C=O) groups excluding carboxylic acids is 2. The molecule has 0 fully saturated rings. The molecule has 0 spiro atoms. The molecule has 9 heteroatoms. The van der Waals surface area contributed by atoms with E-state index in [-0.39, 0.29) is 18.2 Å². The molecule has 0 unspecified atom stereocenters. The number of nitrogens with one attached hydrogen (secondary N) is 1. The van der Waals surface area contributed by atoms with Gasteiger partial charge in [-0.2, -0.15) is 0 Å². The Bertz CT molecular complexity index is 891. The fourth-order valence-electron chi connectivity index (χ4n) is 2.01. The average molecular weight is 373 g/mol. The van der Waals surface area contributed by atoms with E-state index < -0.39 is 5.97 Å². The standard InChI is InChI=1S/C17H15N3O5S/c1-23-16(22)13-8-7-12(24-13)10-26-17-20-19-14(25-17)9-18-15(21)11-5-3-2-4-6-11/h2-8H,9-10H2,1H3,(H,18,21). The lowest BCUT2D eigenvalue weighted by atomic mass is 10.2. The monoisotopic (exact) mass is 373 g/mol. The van der Waals surface area contributed by atoms with Crippen LogP contribution in [0, 0.1) is 0 Å². The minimum atomic E-state index is -0.532. The summed E-state index contributed by atoms with van der Waals surface area (Å²) in [5.41, 5.74) is 0.556.